The molecule has 0 unspecified atom stereocenters. The minimum atomic E-state index is -0.492. The topological polar surface area (TPSA) is 84.3 Å². The quantitative estimate of drug-likeness (QED) is 0.467. The molecule has 0 fully saturated rings. The van der Waals surface area contributed by atoms with Gasteiger partial charge < -0.3 is 10.6 Å². The molecule has 98 valence electrons. The minimum absolute atomic E-state index is 0.0859. The second kappa shape index (κ2) is 6.85. The van der Waals surface area contributed by atoms with E-state index in [1.54, 1.807) is 23.9 Å². The van der Waals surface area contributed by atoms with Crippen LogP contribution < -0.4 is 10.6 Å². The van der Waals surface area contributed by atoms with Crippen LogP contribution in [-0.2, 0) is 0 Å². The Bertz CT molecular complexity index is 451. The summed E-state index contributed by atoms with van der Waals surface area (Å²) in [6.45, 7) is 0.640. The van der Waals surface area contributed by atoms with Crippen LogP contribution >= 0.6 is 11.8 Å². The maximum Gasteiger partial charge on any atom is 0.293 e. The summed E-state index contributed by atoms with van der Waals surface area (Å²) in [5.41, 5.74) is 0.624. The predicted molar refractivity (Wildman–Crippen MR) is 73.4 cm³/mol. The third-order valence-electron chi connectivity index (χ3n) is 2.31. The molecule has 1 aromatic rings. The molecule has 0 atom stereocenters. The number of hydrogen-bond donors (Lipinski definition) is 2. The van der Waals surface area contributed by atoms with E-state index in [1.807, 2.05) is 6.26 Å². The van der Waals surface area contributed by atoms with Gasteiger partial charge in [0.2, 0.25) is 0 Å². The molecule has 0 saturated carbocycles. The van der Waals surface area contributed by atoms with Crippen molar-refractivity contribution in [2.45, 2.75) is 0 Å². The predicted octanol–water partition coefficient (Wildman–Crippen LogP) is 1.73. The summed E-state index contributed by atoms with van der Waals surface area (Å²) >= 11 is 1.65. The molecule has 0 aliphatic heterocycles. The Kier molecular flexibility index (Phi) is 5.44. The van der Waals surface area contributed by atoms with Crippen LogP contribution in [0.1, 0.15) is 10.4 Å². The zero-order valence-corrected chi connectivity index (χ0v) is 11.0. The van der Waals surface area contributed by atoms with Gasteiger partial charge in [-0.05, 0) is 18.4 Å². The molecule has 0 saturated heterocycles. The molecule has 0 aromatic heterocycles. The van der Waals surface area contributed by atoms with Crippen LogP contribution in [-0.4, -0.2) is 36.4 Å². The van der Waals surface area contributed by atoms with Crippen molar-refractivity contribution in [3.63, 3.8) is 0 Å². The van der Waals surface area contributed by atoms with E-state index in [0.717, 1.165) is 5.75 Å². The fourth-order valence-corrected chi connectivity index (χ4v) is 1.71. The number of carbonyl (C=O) groups excluding carboxylic acids is 1. The summed E-state index contributed by atoms with van der Waals surface area (Å²) in [7, 11) is 1.48. The molecule has 0 heterocycles. The number of nitro groups is 1. The number of rotatable bonds is 6. The number of nitrogens with one attached hydrogen (secondary N) is 2. The number of hydrogen-bond acceptors (Lipinski definition) is 5. The van der Waals surface area contributed by atoms with Gasteiger partial charge in [0, 0.05) is 31.0 Å². The van der Waals surface area contributed by atoms with Gasteiger partial charge in [-0.15, -0.1) is 0 Å². The normalized spacial score (nSPS) is 9.89. The van der Waals surface area contributed by atoms with Crippen molar-refractivity contribution in [3.8, 4) is 0 Å². The summed E-state index contributed by atoms with van der Waals surface area (Å²) in [6.07, 6.45) is 1.96. The van der Waals surface area contributed by atoms with E-state index >= 15 is 0 Å². The number of amides is 1. The molecule has 7 heteroatoms. The van der Waals surface area contributed by atoms with Crippen molar-refractivity contribution in [1.29, 1.82) is 0 Å². The van der Waals surface area contributed by atoms with Gasteiger partial charge in [0.05, 0.1) is 4.92 Å². The van der Waals surface area contributed by atoms with E-state index in [2.05, 4.69) is 10.6 Å². The first-order chi connectivity index (χ1) is 8.60. The van der Waals surface area contributed by atoms with Gasteiger partial charge in [-0.1, -0.05) is 0 Å². The van der Waals surface area contributed by atoms with Crippen LogP contribution in [0.3, 0.4) is 0 Å². The van der Waals surface area contributed by atoms with Gasteiger partial charge in [0.15, 0.2) is 0 Å². The number of thioether (sulfide) groups is 1. The molecule has 0 spiro atoms. The summed E-state index contributed by atoms with van der Waals surface area (Å²) < 4.78 is 0. The minimum Gasteiger partial charge on any atom is -0.379 e. The lowest BCUT2D eigenvalue weighted by molar-refractivity contribution is -0.384. The van der Waals surface area contributed by atoms with Crippen LogP contribution in [0.15, 0.2) is 18.2 Å². The van der Waals surface area contributed by atoms with E-state index < -0.39 is 4.92 Å². The molecule has 0 bridgehead atoms. The van der Waals surface area contributed by atoms with Crippen molar-refractivity contribution < 1.29 is 9.72 Å². The van der Waals surface area contributed by atoms with Gasteiger partial charge in [-0.25, -0.2) is 0 Å². The maximum absolute atomic E-state index is 11.4. The Hall–Kier alpha value is -1.76. The molecule has 0 aliphatic rings. The highest BCUT2D eigenvalue weighted by Gasteiger charge is 2.16. The lowest BCUT2D eigenvalue weighted by Gasteiger charge is -2.07. The van der Waals surface area contributed by atoms with Crippen molar-refractivity contribution in [3.05, 3.63) is 33.9 Å². The fourth-order valence-electron chi connectivity index (χ4n) is 1.41. The molecule has 1 aromatic carbocycles. The molecule has 0 aliphatic carbocycles. The second-order valence-electron chi connectivity index (χ2n) is 3.49. The van der Waals surface area contributed by atoms with Crippen molar-refractivity contribution in [1.82, 2.24) is 5.32 Å². The smallest absolute Gasteiger partial charge is 0.293 e. The van der Waals surface area contributed by atoms with Crippen LogP contribution in [0.4, 0.5) is 11.4 Å². The number of nitro benzene ring substituents is 1. The van der Waals surface area contributed by atoms with Gasteiger partial charge in [0.1, 0.15) is 5.69 Å². The molecular formula is C11H15N3O3S. The molecule has 18 heavy (non-hydrogen) atoms. The third kappa shape index (κ3) is 3.63. The van der Waals surface area contributed by atoms with Gasteiger partial charge in [-0.3, -0.25) is 14.9 Å². The number of nitrogens with zero attached hydrogens (tertiary/aromatic N) is 1. The van der Waals surface area contributed by atoms with Crippen molar-refractivity contribution in [2.75, 3.05) is 30.9 Å². The van der Waals surface area contributed by atoms with Gasteiger partial charge in [-0.2, -0.15) is 11.8 Å². The summed E-state index contributed by atoms with van der Waals surface area (Å²) in [5, 5.41) is 16.4. The van der Waals surface area contributed by atoms with E-state index in [0.29, 0.717) is 12.2 Å². The average Bonchev–Trinajstić information content (AvgIpc) is 2.38. The second-order valence-corrected chi connectivity index (χ2v) is 4.47. The van der Waals surface area contributed by atoms with Gasteiger partial charge >= 0.3 is 0 Å². The highest BCUT2D eigenvalue weighted by atomic mass is 32.2. The Morgan fingerprint density at radius 2 is 2.22 bits per heavy atom. The molecular weight excluding hydrogens is 254 g/mol. The lowest BCUT2D eigenvalue weighted by atomic mass is 10.1. The number of anilines is 1. The third-order valence-corrected chi connectivity index (χ3v) is 2.92. The highest BCUT2D eigenvalue weighted by molar-refractivity contribution is 7.98. The average molecular weight is 269 g/mol. The van der Waals surface area contributed by atoms with E-state index in [1.165, 1.54) is 13.1 Å². The molecule has 2 N–H and O–H groups in total. The Morgan fingerprint density at radius 3 is 2.78 bits per heavy atom. The van der Waals surface area contributed by atoms with E-state index in [-0.39, 0.29) is 17.2 Å². The summed E-state index contributed by atoms with van der Waals surface area (Å²) in [4.78, 5) is 21.9. The first-order valence-corrected chi connectivity index (χ1v) is 6.73. The van der Waals surface area contributed by atoms with Crippen LogP contribution in [0, 0.1) is 10.1 Å². The Balaban J connectivity index is 2.97. The Labute approximate surface area is 109 Å². The molecule has 1 rings (SSSR count). The first kappa shape index (κ1) is 14.3. The van der Waals surface area contributed by atoms with Crippen LogP contribution in [0.5, 0.6) is 0 Å². The fraction of sp³-hybridized carbons (Fsp3) is 0.364. The largest absolute Gasteiger partial charge is 0.379 e. The molecule has 0 radical (unpaired) electrons. The standard InChI is InChI=1S/C11H15N3O3S/c1-12-11(15)8-3-4-9(13-5-6-18-2)10(7-8)14(16)17/h3-4,7,13H,5-6H2,1-2H3,(H,12,15). The van der Waals surface area contributed by atoms with Gasteiger partial charge in [0.25, 0.3) is 11.6 Å². The summed E-state index contributed by atoms with van der Waals surface area (Å²) in [5.74, 6) is 0.516. The lowest BCUT2D eigenvalue weighted by Crippen LogP contribution is -2.18. The van der Waals surface area contributed by atoms with Crippen molar-refractivity contribution in [2.24, 2.45) is 0 Å². The van der Waals surface area contributed by atoms with E-state index in [9.17, 15) is 14.9 Å². The van der Waals surface area contributed by atoms with E-state index in [4.69, 9.17) is 0 Å². The Morgan fingerprint density at radius 1 is 1.50 bits per heavy atom. The van der Waals surface area contributed by atoms with Crippen molar-refractivity contribution >= 4 is 29.0 Å². The SMILES string of the molecule is CNC(=O)c1ccc(NCCSC)c([N+](=O)[O-])c1. The van der Waals surface area contributed by atoms with Crippen LogP contribution in [0.25, 0.3) is 0 Å². The number of carbonyl (C=O) groups is 1. The monoisotopic (exact) mass is 269 g/mol. The highest BCUT2D eigenvalue weighted by Crippen LogP contribution is 2.25. The zero-order chi connectivity index (χ0) is 13.5. The summed E-state index contributed by atoms with van der Waals surface area (Å²) in [6, 6.07) is 4.40. The maximum atomic E-state index is 11.4. The number of benzene rings is 1. The molecule has 6 nitrogen and oxygen atoms in total. The van der Waals surface area contributed by atoms with Crippen LogP contribution in [0.2, 0.25) is 0 Å². The first-order valence-electron chi connectivity index (χ1n) is 5.33. The molecule has 1 amide bonds. The zero-order valence-electron chi connectivity index (χ0n) is 10.2.